The van der Waals surface area contributed by atoms with Gasteiger partial charge in [0.05, 0.1) is 5.71 Å². The lowest BCUT2D eigenvalue weighted by Gasteiger charge is -1.96. The van der Waals surface area contributed by atoms with Crippen LogP contribution in [0.4, 0.5) is 8.78 Å². The fourth-order valence-electron chi connectivity index (χ4n) is 1.75. The van der Waals surface area contributed by atoms with Crippen LogP contribution in [0, 0.1) is 11.6 Å². The predicted octanol–water partition coefficient (Wildman–Crippen LogP) is 3.32. The summed E-state index contributed by atoms with van der Waals surface area (Å²) in [6.45, 7) is 0. The molecule has 2 rings (SSSR count). The SMILES string of the molecule is NC(N)=NN=C(C=Cc1ccc(F)cc1)C=Cc1ccc(F)cc1. The molecule has 0 aliphatic rings. The number of nitrogens with two attached hydrogens (primary N) is 2. The van der Waals surface area contributed by atoms with Gasteiger partial charge in [-0.3, -0.25) is 0 Å². The van der Waals surface area contributed by atoms with Crippen LogP contribution in [0.25, 0.3) is 12.2 Å². The summed E-state index contributed by atoms with van der Waals surface area (Å²) in [6.07, 6.45) is 6.85. The summed E-state index contributed by atoms with van der Waals surface area (Å²) in [7, 11) is 0. The zero-order chi connectivity index (χ0) is 17.4. The highest BCUT2D eigenvalue weighted by Crippen LogP contribution is 2.07. The molecule has 0 aliphatic carbocycles. The third-order valence-electron chi connectivity index (χ3n) is 2.91. The van der Waals surface area contributed by atoms with Gasteiger partial charge < -0.3 is 11.5 Å². The third-order valence-corrected chi connectivity index (χ3v) is 2.91. The maximum atomic E-state index is 12.9. The van der Waals surface area contributed by atoms with E-state index in [2.05, 4.69) is 10.2 Å². The number of halogens is 2. The van der Waals surface area contributed by atoms with Crippen molar-refractivity contribution in [2.75, 3.05) is 0 Å². The maximum absolute atomic E-state index is 12.9. The van der Waals surface area contributed by atoms with E-state index in [1.54, 1.807) is 48.6 Å². The first-order chi connectivity index (χ1) is 11.5. The van der Waals surface area contributed by atoms with Crippen LogP contribution in [0.5, 0.6) is 0 Å². The van der Waals surface area contributed by atoms with Crippen LogP contribution in [0.1, 0.15) is 11.1 Å². The largest absolute Gasteiger partial charge is 0.369 e. The molecule has 0 spiro atoms. The van der Waals surface area contributed by atoms with Gasteiger partial charge in [-0.1, -0.05) is 36.4 Å². The van der Waals surface area contributed by atoms with Gasteiger partial charge in [0.2, 0.25) is 5.96 Å². The minimum Gasteiger partial charge on any atom is -0.369 e. The molecule has 0 bridgehead atoms. The number of hydrogen-bond donors (Lipinski definition) is 2. The molecule has 0 amide bonds. The highest BCUT2D eigenvalue weighted by Gasteiger charge is 1.94. The number of allylic oxidation sites excluding steroid dienone is 2. The van der Waals surface area contributed by atoms with E-state index in [0.29, 0.717) is 5.71 Å². The maximum Gasteiger partial charge on any atom is 0.211 e. The third kappa shape index (κ3) is 5.84. The summed E-state index contributed by atoms with van der Waals surface area (Å²) in [5.74, 6) is -0.784. The van der Waals surface area contributed by atoms with Crippen molar-refractivity contribution in [1.29, 1.82) is 0 Å². The Kier molecular flexibility index (Phi) is 5.96. The van der Waals surface area contributed by atoms with Gasteiger partial charge in [-0.2, -0.15) is 0 Å². The van der Waals surface area contributed by atoms with E-state index < -0.39 is 0 Å². The molecule has 6 heteroatoms. The van der Waals surface area contributed by atoms with Crippen LogP contribution in [0.2, 0.25) is 0 Å². The van der Waals surface area contributed by atoms with Gasteiger partial charge in [-0.05, 0) is 47.5 Å². The molecule has 24 heavy (non-hydrogen) atoms. The fourth-order valence-corrected chi connectivity index (χ4v) is 1.75. The minimum absolute atomic E-state index is 0.169. The molecular weight excluding hydrogens is 310 g/mol. The van der Waals surface area contributed by atoms with Crippen molar-refractivity contribution < 1.29 is 8.78 Å². The molecule has 0 aliphatic heterocycles. The summed E-state index contributed by atoms with van der Waals surface area (Å²) in [6, 6.07) is 12.0. The van der Waals surface area contributed by atoms with Gasteiger partial charge >= 0.3 is 0 Å². The summed E-state index contributed by atoms with van der Waals surface area (Å²) in [4.78, 5) is 0. The van der Waals surface area contributed by atoms with Gasteiger partial charge in [-0.15, -0.1) is 10.2 Å². The van der Waals surface area contributed by atoms with E-state index >= 15 is 0 Å². The Morgan fingerprint density at radius 3 is 1.50 bits per heavy atom. The van der Waals surface area contributed by atoms with Crippen molar-refractivity contribution in [2.24, 2.45) is 21.7 Å². The van der Waals surface area contributed by atoms with E-state index in [1.165, 1.54) is 24.3 Å². The van der Waals surface area contributed by atoms with Crippen molar-refractivity contribution in [3.8, 4) is 0 Å². The molecule has 0 saturated carbocycles. The molecule has 0 saturated heterocycles. The first-order valence-electron chi connectivity index (χ1n) is 7.07. The van der Waals surface area contributed by atoms with Crippen LogP contribution in [-0.2, 0) is 0 Å². The molecule has 2 aromatic rings. The van der Waals surface area contributed by atoms with E-state index in [-0.39, 0.29) is 17.6 Å². The molecule has 4 nitrogen and oxygen atoms in total. The smallest absolute Gasteiger partial charge is 0.211 e. The van der Waals surface area contributed by atoms with Gasteiger partial charge in [0.15, 0.2) is 0 Å². The number of nitrogens with zero attached hydrogens (tertiary/aromatic N) is 2. The summed E-state index contributed by atoms with van der Waals surface area (Å²) in [5, 5.41) is 7.54. The second-order valence-corrected chi connectivity index (χ2v) is 4.82. The van der Waals surface area contributed by atoms with Gasteiger partial charge in [-0.25, -0.2) is 8.78 Å². The first kappa shape index (κ1) is 17.1. The van der Waals surface area contributed by atoms with Crippen molar-refractivity contribution in [2.45, 2.75) is 0 Å². The Bertz CT molecular complexity index is 727. The van der Waals surface area contributed by atoms with Gasteiger partial charge in [0, 0.05) is 0 Å². The highest BCUT2D eigenvalue weighted by molar-refractivity contribution is 6.08. The standard InChI is InChI=1S/C18H16F2N4/c19-15-7-1-13(2-8-15)5-11-17(23-24-18(21)22)12-6-14-3-9-16(20)10-4-14/h1-12H,(H4,21,22,24). The van der Waals surface area contributed by atoms with E-state index in [1.807, 2.05) is 0 Å². The Morgan fingerprint density at radius 1 is 0.708 bits per heavy atom. The minimum atomic E-state index is -0.308. The topological polar surface area (TPSA) is 76.8 Å². The van der Waals surface area contributed by atoms with E-state index in [0.717, 1.165) is 11.1 Å². The summed E-state index contributed by atoms with van der Waals surface area (Å²) >= 11 is 0. The highest BCUT2D eigenvalue weighted by atomic mass is 19.1. The number of hydrogen-bond acceptors (Lipinski definition) is 2. The molecule has 2 aromatic carbocycles. The van der Waals surface area contributed by atoms with E-state index in [9.17, 15) is 8.78 Å². The molecule has 0 radical (unpaired) electrons. The lowest BCUT2D eigenvalue weighted by molar-refractivity contribution is 0.627. The van der Waals surface area contributed by atoms with Crippen molar-refractivity contribution in [3.63, 3.8) is 0 Å². The van der Waals surface area contributed by atoms with Gasteiger partial charge in [0.25, 0.3) is 0 Å². The summed E-state index contributed by atoms with van der Waals surface area (Å²) in [5.41, 5.74) is 12.6. The average molecular weight is 326 g/mol. The average Bonchev–Trinajstić information content (AvgIpc) is 2.57. The molecule has 0 heterocycles. The fraction of sp³-hybridized carbons (Fsp3) is 0. The molecule has 0 fully saturated rings. The number of benzene rings is 2. The van der Waals surface area contributed by atoms with Crippen molar-refractivity contribution in [1.82, 2.24) is 0 Å². The quantitative estimate of drug-likeness (QED) is 0.502. The molecular formula is C18H16F2N4. The Labute approximate surface area is 138 Å². The van der Waals surface area contributed by atoms with Gasteiger partial charge in [0.1, 0.15) is 11.6 Å². The van der Waals surface area contributed by atoms with Crippen LogP contribution < -0.4 is 11.5 Å². The molecule has 4 N–H and O–H groups in total. The van der Waals surface area contributed by atoms with E-state index in [4.69, 9.17) is 11.5 Å². The lowest BCUT2D eigenvalue weighted by Crippen LogP contribution is -2.22. The number of guanidine groups is 1. The van der Waals surface area contributed by atoms with Crippen LogP contribution in [0.3, 0.4) is 0 Å². The number of rotatable bonds is 5. The Balaban J connectivity index is 2.21. The monoisotopic (exact) mass is 326 g/mol. The second kappa shape index (κ2) is 8.38. The Hall–Kier alpha value is -3.28. The molecule has 0 unspecified atom stereocenters. The Morgan fingerprint density at radius 2 is 1.12 bits per heavy atom. The predicted molar refractivity (Wildman–Crippen MR) is 94.1 cm³/mol. The molecule has 0 atom stereocenters. The lowest BCUT2D eigenvalue weighted by atomic mass is 10.1. The molecule has 0 aromatic heterocycles. The normalized spacial score (nSPS) is 10.9. The zero-order valence-corrected chi connectivity index (χ0v) is 12.7. The first-order valence-corrected chi connectivity index (χ1v) is 7.07. The molecule has 122 valence electrons. The summed E-state index contributed by atoms with van der Waals surface area (Å²) < 4.78 is 25.8. The second-order valence-electron chi connectivity index (χ2n) is 4.82. The van der Waals surface area contributed by atoms with Crippen LogP contribution >= 0.6 is 0 Å². The van der Waals surface area contributed by atoms with Crippen LogP contribution in [0.15, 0.2) is 70.9 Å². The van der Waals surface area contributed by atoms with Crippen LogP contribution in [-0.4, -0.2) is 11.7 Å². The zero-order valence-electron chi connectivity index (χ0n) is 12.7. The van der Waals surface area contributed by atoms with Crippen molar-refractivity contribution >= 4 is 23.8 Å². The van der Waals surface area contributed by atoms with Crippen molar-refractivity contribution in [3.05, 3.63) is 83.4 Å².